The third-order valence-corrected chi connectivity index (χ3v) is 4.71. The summed E-state index contributed by atoms with van der Waals surface area (Å²) in [5, 5.41) is 5.02. The fraction of sp³-hybridized carbons (Fsp3) is 0.286. The Balaban J connectivity index is 1.66. The van der Waals surface area contributed by atoms with E-state index in [0.29, 0.717) is 42.2 Å². The maximum Gasteiger partial charge on any atom is 0.262 e. The zero-order valence-electron chi connectivity index (χ0n) is 16.3. The second kappa shape index (κ2) is 8.32. The van der Waals surface area contributed by atoms with Crippen molar-refractivity contribution in [2.75, 3.05) is 25.9 Å². The Morgan fingerprint density at radius 1 is 1.24 bits per heavy atom. The molecule has 1 aliphatic heterocycles. The summed E-state index contributed by atoms with van der Waals surface area (Å²) in [5.74, 6) is 1.81. The highest BCUT2D eigenvalue weighted by atomic mass is 16.7. The molecule has 2 heterocycles. The number of ether oxygens (including phenoxy) is 3. The van der Waals surface area contributed by atoms with Crippen LogP contribution in [0.3, 0.4) is 0 Å². The average molecular weight is 394 g/mol. The number of methoxy groups -OCH3 is 1. The third kappa shape index (κ3) is 3.93. The Kier molecular flexibility index (Phi) is 5.44. The molecule has 0 atom stereocenters. The summed E-state index contributed by atoms with van der Waals surface area (Å²) in [6.07, 6.45) is 0.690. The van der Waals surface area contributed by atoms with E-state index in [1.807, 2.05) is 43.3 Å². The van der Waals surface area contributed by atoms with Crippen molar-refractivity contribution in [3.63, 3.8) is 0 Å². The lowest BCUT2D eigenvalue weighted by Gasteiger charge is -2.13. The van der Waals surface area contributed by atoms with E-state index < -0.39 is 0 Å². The number of fused-ring (bicyclic) bond motifs is 2. The summed E-state index contributed by atoms with van der Waals surface area (Å²) < 4.78 is 17.5. The first-order valence-corrected chi connectivity index (χ1v) is 9.36. The zero-order valence-corrected chi connectivity index (χ0v) is 16.3. The van der Waals surface area contributed by atoms with E-state index in [9.17, 15) is 4.79 Å². The van der Waals surface area contributed by atoms with Crippen LogP contribution in [-0.4, -0.2) is 35.8 Å². The number of rotatable bonds is 7. The highest BCUT2D eigenvalue weighted by Gasteiger charge is 2.14. The van der Waals surface area contributed by atoms with E-state index in [1.54, 1.807) is 17.7 Å². The van der Waals surface area contributed by atoms with Gasteiger partial charge in [-0.25, -0.2) is 10.4 Å². The van der Waals surface area contributed by atoms with Crippen LogP contribution in [0.15, 0.2) is 52.4 Å². The van der Waals surface area contributed by atoms with Crippen LogP contribution in [0.25, 0.3) is 10.9 Å². The smallest absolute Gasteiger partial charge is 0.262 e. The number of benzene rings is 2. The van der Waals surface area contributed by atoms with Gasteiger partial charge in [0.05, 0.1) is 16.6 Å². The van der Waals surface area contributed by atoms with E-state index in [0.717, 1.165) is 17.0 Å². The van der Waals surface area contributed by atoms with Crippen molar-refractivity contribution >= 4 is 22.6 Å². The van der Waals surface area contributed by atoms with Crippen molar-refractivity contribution in [3.05, 3.63) is 58.4 Å². The lowest BCUT2D eigenvalue weighted by atomic mass is 10.1. The normalized spacial score (nSPS) is 13.1. The fourth-order valence-electron chi connectivity index (χ4n) is 3.15. The molecule has 1 aliphatic rings. The second-order valence-electron chi connectivity index (χ2n) is 6.63. The maximum atomic E-state index is 12.9. The van der Waals surface area contributed by atoms with Gasteiger partial charge in [0, 0.05) is 25.8 Å². The zero-order chi connectivity index (χ0) is 20.2. The second-order valence-corrected chi connectivity index (χ2v) is 6.63. The van der Waals surface area contributed by atoms with Gasteiger partial charge in [0.1, 0.15) is 0 Å². The molecule has 1 aromatic heterocycles. The van der Waals surface area contributed by atoms with E-state index in [1.165, 1.54) is 0 Å². The number of para-hydroxylation sites is 1. The Labute approximate surface area is 167 Å². The minimum Gasteiger partial charge on any atom is -0.454 e. The van der Waals surface area contributed by atoms with Crippen molar-refractivity contribution in [2.24, 2.45) is 5.10 Å². The molecule has 0 unspecified atom stereocenters. The molecule has 8 heteroatoms. The molecule has 0 fully saturated rings. The number of anilines is 1. The quantitative estimate of drug-likeness (QED) is 0.377. The molecule has 0 bridgehead atoms. The SMILES string of the molecule is COCCCn1c(N/N=C(/C)c2ccc3c(c2)OCO3)nc2ccccc2c1=O. The largest absolute Gasteiger partial charge is 0.454 e. The Morgan fingerprint density at radius 3 is 2.93 bits per heavy atom. The van der Waals surface area contributed by atoms with E-state index in [-0.39, 0.29) is 12.4 Å². The topological polar surface area (TPSA) is 87.0 Å². The summed E-state index contributed by atoms with van der Waals surface area (Å²) in [6.45, 7) is 3.13. The van der Waals surface area contributed by atoms with Crippen LogP contribution in [0.4, 0.5) is 5.95 Å². The first-order chi connectivity index (χ1) is 14.2. The number of nitrogens with zero attached hydrogens (tertiary/aromatic N) is 3. The van der Waals surface area contributed by atoms with Crippen LogP contribution in [0.1, 0.15) is 18.9 Å². The van der Waals surface area contributed by atoms with Gasteiger partial charge in [-0.15, -0.1) is 0 Å². The molecule has 0 amide bonds. The van der Waals surface area contributed by atoms with E-state index in [2.05, 4.69) is 15.5 Å². The van der Waals surface area contributed by atoms with Crippen LogP contribution in [0, 0.1) is 0 Å². The molecule has 8 nitrogen and oxygen atoms in total. The molecule has 0 spiro atoms. The van der Waals surface area contributed by atoms with Gasteiger partial charge in [-0.3, -0.25) is 9.36 Å². The number of hydrazone groups is 1. The van der Waals surface area contributed by atoms with E-state index in [4.69, 9.17) is 14.2 Å². The van der Waals surface area contributed by atoms with Crippen LogP contribution in [-0.2, 0) is 11.3 Å². The van der Waals surface area contributed by atoms with Gasteiger partial charge in [-0.05, 0) is 43.7 Å². The van der Waals surface area contributed by atoms with Gasteiger partial charge >= 0.3 is 0 Å². The van der Waals surface area contributed by atoms with Gasteiger partial charge in [0.15, 0.2) is 11.5 Å². The molecule has 0 saturated heterocycles. The highest BCUT2D eigenvalue weighted by molar-refractivity contribution is 5.99. The Hall–Kier alpha value is -3.39. The molecule has 2 aromatic carbocycles. The molecular formula is C21H22N4O4. The highest BCUT2D eigenvalue weighted by Crippen LogP contribution is 2.32. The van der Waals surface area contributed by atoms with Crippen molar-refractivity contribution in [3.8, 4) is 11.5 Å². The molecule has 0 radical (unpaired) electrons. The molecule has 0 saturated carbocycles. The lowest BCUT2D eigenvalue weighted by molar-refractivity contribution is 0.174. The summed E-state index contributed by atoms with van der Waals surface area (Å²) >= 11 is 0. The Bertz CT molecular complexity index is 1120. The summed E-state index contributed by atoms with van der Waals surface area (Å²) in [4.78, 5) is 17.5. The number of hydrogen-bond acceptors (Lipinski definition) is 7. The molecule has 4 rings (SSSR count). The molecule has 29 heavy (non-hydrogen) atoms. The summed E-state index contributed by atoms with van der Waals surface area (Å²) in [5.41, 5.74) is 5.10. The molecule has 150 valence electrons. The Morgan fingerprint density at radius 2 is 2.07 bits per heavy atom. The van der Waals surface area contributed by atoms with Crippen LogP contribution >= 0.6 is 0 Å². The van der Waals surface area contributed by atoms with Gasteiger partial charge in [0.25, 0.3) is 5.56 Å². The molecule has 0 aliphatic carbocycles. The standard InChI is InChI=1S/C21H22N4O4/c1-14(15-8-9-18-19(12-15)29-13-28-18)23-24-21-22-17-7-4-3-6-16(17)20(26)25(21)10-5-11-27-2/h3-4,6-9,12H,5,10-11,13H2,1-2H3,(H,22,24)/b23-14-. The number of nitrogens with one attached hydrogen (secondary N) is 1. The maximum absolute atomic E-state index is 12.9. The van der Waals surface area contributed by atoms with Gasteiger partial charge in [-0.2, -0.15) is 5.10 Å². The summed E-state index contributed by atoms with van der Waals surface area (Å²) in [7, 11) is 1.64. The molecule has 3 aromatic rings. The summed E-state index contributed by atoms with van der Waals surface area (Å²) in [6, 6.07) is 12.9. The fourth-order valence-corrected chi connectivity index (χ4v) is 3.15. The van der Waals surface area contributed by atoms with Gasteiger partial charge in [0.2, 0.25) is 12.7 Å². The first-order valence-electron chi connectivity index (χ1n) is 9.36. The monoisotopic (exact) mass is 394 g/mol. The van der Waals surface area contributed by atoms with Crippen molar-refractivity contribution in [1.29, 1.82) is 0 Å². The third-order valence-electron chi connectivity index (χ3n) is 4.71. The average Bonchev–Trinajstić information content (AvgIpc) is 3.22. The number of hydrogen-bond donors (Lipinski definition) is 1. The molecule has 1 N–H and O–H groups in total. The minimum absolute atomic E-state index is 0.106. The number of aromatic nitrogens is 2. The van der Waals surface area contributed by atoms with Crippen molar-refractivity contribution in [1.82, 2.24) is 9.55 Å². The predicted molar refractivity (Wildman–Crippen MR) is 111 cm³/mol. The van der Waals surface area contributed by atoms with Crippen LogP contribution in [0.5, 0.6) is 11.5 Å². The van der Waals surface area contributed by atoms with Crippen molar-refractivity contribution in [2.45, 2.75) is 19.9 Å². The predicted octanol–water partition coefficient (Wildman–Crippen LogP) is 3.00. The van der Waals surface area contributed by atoms with Crippen LogP contribution < -0.4 is 20.5 Å². The first kappa shape index (κ1) is 18.9. The van der Waals surface area contributed by atoms with Crippen molar-refractivity contribution < 1.29 is 14.2 Å². The lowest BCUT2D eigenvalue weighted by Crippen LogP contribution is -2.25. The molecular weight excluding hydrogens is 372 g/mol. The van der Waals surface area contributed by atoms with Crippen LogP contribution in [0.2, 0.25) is 0 Å². The van der Waals surface area contributed by atoms with E-state index >= 15 is 0 Å². The minimum atomic E-state index is -0.106. The van der Waals surface area contributed by atoms with Gasteiger partial charge in [-0.1, -0.05) is 12.1 Å². The van der Waals surface area contributed by atoms with Gasteiger partial charge < -0.3 is 14.2 Å².